The van der Waals surface area contributed by atoms with E-state index < -0.39 is 32.5 Å². The first kappa shape index (κ1) is 19.2. The number of nitrogens with zero attached hydrogens (tertiary/aromatic N) is 3. The smallest absolute Gasteiger partial charge is 0.305 e. The van der Waals surface area contributed by atoms with Crippen LogP contribution in [0.1, 0.15) is 6.42 Å². The maximum absolute atomic E-state index is 14.0. The molecule has 2 heterocycles. The molecule has 0 radical (unpaired) electrons. The Morgan fingerprint density at radius 3 is 2.63 bits per heavy atom. The van der Waals surface area contributed by atoms with Crippen molar-refractivity contribution in [3.63, 3.8) is 0 Å². The molecule has 0 N–H and O–H groups in total. The molecule has 0 saturated carbocycles. The summed E-state index contributed by atoms with van der Waals surface area (Å²) < 4.78 is 37.4. The van der Waals surface area contributed by atoms with Gasteiger partial charge >= 0.3 is 5.69 Å². The Balaban J connectivity index is 1.94. The number of halogens is 1. The molecule has 1 atom stereocenters. The van der Waals surface area contributed by atoms with Crippen LogP contribution in [0, 0.1) is 15.9 Å². The molecule has 11 heteroatoms. The molecule has 1 aromatic heterocycles. The van der Waals surface area contributed by atoms with Crippen LogP contribution in [0.25, 0.3) is 0 Å². The van der Waals surface area contributed by atoms with E-state index in [1.54, 1.807) is 6.07 Å². The van der Waals surface area contributed by atoms with Crippen LogP contribution >= 0.6 is 11.3 Å². The van der Waals surface area contributed by atoms with Crippen LogP contribution in [0.5, 0.6) is 0 Å². The van der Waals surface area contributed by atoms with Crippen molar-refractivity contribution in [2.75, 3.05) is 29.6 Å². The second-order valence-electron chi connectivity index (χ2n) is 6.14. The van der Waals surface area contributed by atoms with Crippen LogP contribution in [0.3, 0.4) is 0 Å². The van der Waals surface area contributed by atoms with Crippen LogP contribution < -0.4 is 9.80 Å². The number of hydrogen-bond donors (Lipinski definition) is 0. The van der Waals surface area contributed by atoms with Crippen molar-refractivity contribution in [1.82, 2.24) is 0 Å². The van der Waals surface area contributed by atoms with Crippen molar-refractivity contribution >= 4 is 43.5 Å². The predicted octanol–water partition coefficient (Wildman–Crippen LogP) is 2.44. The number of hydrogen-bond acceptors (Lipinski definition) is 7. The highest BCUT2D eigenvalue weighted by molar-refractivity contribution is 7.92. The lowest BCUT2D eigenvalue weighted by molar-refractivity contribution is -0.383. The van der Waals surface area contributed by atoms with E-state index >= 15 is 0 Å². The minimum Gasteiger partial charge on any atom is -0.349 e. The molecule has 144 valence electrons. The zero-order valence-electron chi connectivity index (χ0n) is 14.5. The number of thiophene rings is 1. The highest BCUT2D eigenvalue weighted by Gasteiger charge is 2.39. The van der Waals surface area contributed by atoms with Gasteiger partial charge in [0.2, 0.25) is 5.91 Å². The van der Waals surface area contributed by atoms with E-state index in [2.05, 4.69) is 0 Å². The number of benzene rings is 1. The highest BCUT2D eigenvalue weighted by atomic mass is 32.2. The molecule has 8 nitrogen and oxygen atoms in total. The Hall–Kier alpha value is -2.53. The third-order valence-corrected chi connectivity index (χ3v) is 7.36. The number of amides is 1. The topological polar surface area (TPSA) is 101 Å². The van der Waals surface area contributed by atoms with Gasteiger partial charge in [-0.05, 0) is 18.6 Å². The molecule has 0 bridgehead atoms. The van der Waals surface area contributed by atoms with E-state index in [0.717, 1.165) is 23.7 Å². The normalized spacial score (nSPS) is 17.4. The van der Waals surface area contributed by atoms with E-state index in [0.29, 0.717) is 6.42 Å². The Labute approximate surface area is 158 Å². The van der Waals surface area contributed by atoms with E-state index in [9.17, 15) is 27.7 Å². The maximum atomic E-state index is 14.0. The summed E-state index contributed by atoms with van der Waals surface area (Å²) in [6.45, 7) is 0.257. The predicted molar refractivity (Wildman–Crippen MR) is 99.6 cm³/mol. The molecule has 27 heavy (non-hydrogen) atoms. The van der Waals surface area contributed by atoms with E-state index in [-0.39, 0.29) is 27.1 Å². The van der Waals surface area contributed by atoms with Gasteiger partial charge in [0.1, 0.15) is 16.1 Å². The second-order valence-corrected chi connectivity index (χ2v) is 9.41. The summed E-state index contributed by atoms with van der Waals surface area (Å²) in [5.74, 6) is -0.929. The van der Waals surface area contributed by atoms with Gasteiger partial charge in [-0.15, -0.1) is 0 Å². The van der Waals surface area contributed by atoms with Crippen molar-refractivity contribution in [2.45, 2.75) is 16.7 Å². The van der Waals surface area contributed by atoms with Gasteiger partial charge in [0, 0.05) is 25.9 Å². The molecule has 1 aliphatic heterocycles. The monoisotopic (exact) mass is 413 g/mol. The van der Waals surface area contributed by atoms with Gasteiger partial charge in [-0.1, -0.05) is 23.5 Å². The maximum Gasteiger partial charge on any atom is 0.305 e. The van der Waals surface area contributed by atoms with Crippen LogP contribution in [0.15, 0.2) is 34.5 Å². The first-order chi connectivity index (χ1) is 12.6. The molecule has 1 amide bonds. The Morgan fingerprint density at radius 1 is 1.37 bits per heavy atom. The van der Waals surface area contributed by atoms with E-state index in [1.165, 1.54) is 35.0 Å². The summed E-state index contributed by atoms with van der Waals surface area (Å²) in [5.41, 5.74) is -0.226. The molecule has 1 unspecified atom stereocenters. The largest absolute Gasteiger partial charge is 0.349 e. The molecular weight excluding hydrogens is 397 g/mol. The third-order valence-electron chi connectivity index (χ3n) is 4.34. The molecule has 0 aliphatic carbocycles. The summed E-state index contributed by atoms with van der Waals surface area (Å²) in [5, 5.41) is 11.4. The lowest BCUT2D eigenvalue weighted by Gasteiger charge is -2.24. The molecule has 1 fully saturated rings. The fraction of sp³-hybridized carbons (Fsp3) is 0.312. The number of nitro groups is 1. The van der Waals surface area contributed by atoms with Crippen molar-refractivity contribution in [1.29, 1.82) is 0 Å². The summed E-state index contributed by atoms with van der Waals surface area (Å²) in [4.78, 5) is 26.2. The van der Waals surface area contributed by atoms with Gasteiger partial charge in [0.05, 0.1) is 10.6 Å². The fourth-order valence-corrected chi connectivity index (χ4v) is 5.03. The van der Waals surface area contributed by atoms with E-state index in [1.807, 2.05) is 0 Å². The summed E-state index contributed by atoms with van der Waals surface area (Å²) >= 11 is 0.743. The standard InChI is InChI=1S/C16H16FN3O5S2/c1-18(16-13(20(22)23)9-14(26-16)27(2,24)25)12-7-8-19(15(12)21)11-6-4-3-5-10(11)17/h3-6,9,12H,7-8H2,1-2H3. The van der Waals surface area contributed by atoms with Gasteiger partial charge in [0.15, 0.2) is 14.8 Å². The zero-order valence-corrected chi connectivity index (χ0v) is 16.1. The lowest BCUT2D eigenvalue weighted by atomic mass is 10.2. The lowest BCUT2D eigenvalue weighted by Crippen LogP contribution is -2.39. The number of sulfone groups is 1. The number of para-hydroxylation sites is 1. The van der Waals surface area contributed by atoms with Gasteiger partial charge in [-0.2, -0.15) is 0 Å². The van der Waals surface area contributed by atoms with Crippen molar-refractivity contribution in [2.24, 2.45) is 0 Å². The average Bonchev–Trinajstić information content (AvgIpc) is 3.19. The Morgan fingerprint density at radius 2 is 2.04 bits per heavy atom. The van der Waals surface area contributed by atoms with E-state index in [4.69, 9.17) is 0 Å². The van der Waals surface area contributed by atoms with Gasteiger partial charge in [-0.25, -0.2) is 12.8 Å². The first-order valence-corrected chi connectivity index (χ1v) is 10.6. The number of likely N-dealkylation sites (N-methyl/N-ethyl adjacent to an activating group) is 1. The minimum absolute atomic E-state index is 0.0779. The van der Waals surface area contributed by atoms with Gasteiger partial charge < -0.3 is 9.80 Å². The quantitative estimate of drug-likeness (QED) is 0.551. The summed E-state index contributed by atoms with van der Waals surface area (Å²) in [6.07, 6.45) is 1.29. The van der Waals surface area contributed by atoms with Crippen molar-refractivity contribution < 1.29 is 22.5 Å². The molecule has 1 saturated heterocycles. The molecule has 1 aliphatic rings. The number of rotatable bonds is 5. The van der Waals surface area contributed by atoms with Crippen LogP contribution in [0.4, 0.5) is 20.8 Å². The molecule has 1 aromatic carbocycles. The third kappa shape index (κ3) is 3.52. The first-order valence-electron chi connectivity index (χ1n) is 7.88. The zero-order chi connectivity index (χ0) is 19.9. The van der Waals surface area contributed by atoms with Crippen molar-refractivity contribution in [3.05, 3.63) is 46.3 Å². The van der Waals surface area contributed by atoms with Gasteiger partial charge in [-0.3, -0.25) is 14.9 Å². The second kappa shape index (κ2) is 6.89. The van der Waals surface area contributed by atoms with Crippen LogP contribution in [-0.4, -0.2) is 45.1 Å². The molecular formula is C16H16FN3O5S2. The Kier molecular flexibility index (Phi) is 4.91. The van der Waals surface area contributed by atoms with Gasteiger partial charge in [0.25, 0.3) is 0 Å². The molecule has 2 aromatic rings. The Bertz CT molecular complexity index is 1020. The number of carbonyl (C=O) groups excluding carboxylic acids is 1. The molecule has 3 rings (SSSR count). The number of carbonyl (C=O) groups is 1. The summed E-state index contributed by atoms with van der Waals surface area (Å²) in [6, 6.07) is 6.12. The van der Waals surface area contributed by atoms with Crippen LogP contribution in [0.2, 0.25) is 0 Å². The highest BCUT2D eigenvalue weighted by Crippen LogP contribution is 2.41. The SMILES string of the molecule is CN(c1sc(S(C)(=O)=O)cc1[N+](=O)[O-])C1CCN(c2ccccc2F)C1=O. The molecule has 0 spiro atoms. The average molecular weight is 413 g/mol. The number of anilines is 2. The summed E-state index contributed by atoms with van der Waals surface area (Å²) in [7, 11) is -2.13. The van der Waals surface area contributed by atoms with Crippen LogP contribution in [-0.2, 0) is 14.6 Å². The fourth-order valence-electron chi connectivity index (χ4n) is 2.99. The minimum atomic E-state index is -3.63. The van der Waals surface area contributed by atoms with Crippen molar-refractivity contribution in [3.8, 4) is 0 Å².